The predicted molar refractivity (Wildman–Crippen MR) is 99.5 cm³/mol. The van der Waals surface area contributed by atoms with Gasteiger partial charge in [0.1, 0.15) is 0 Å². The van der Waals surface area contributed by atoms with Crippen LogP contribution in [0.15, 0.2) is 21.8 Å². The van der Waals surface area contributed by atoms with Crippen LogP contribution in [0, 0.1) is 0 Å². The topological polar surface area (TPSA) is 39.7 Å². The molecule has 1 atom stereocenters. The van der Waals surface area contributed by atoms with Crippen LogP contribution in [0.1, 0.15) is 51.0 Å². The number of piperidine rings is 1. The quantitative estimate of drug-likeness (QED) is 0.620. The van der Waals surface area contributed by atoms with Gasteiger partial charge in [-0.2, -0.15) is 11.3 Å². The number of hydrogen-bond acceptors (Lipinski definition) is 3. The van der Waals surface area contributed by atoms with Gasteiger partial charge >= 0.3 is 0 Å². The Labute approximate surface area is 144 Å². The monoisotopic (exact) mass is 334 g/mol. The number of hydrogen-bond donors (Lipinski definition) is 2. The summed E-state index contributed by atoms with van der Waals surface area (Å²) >= 11 is 1.76. The van der Waals surface area contributed by atoms with E-state index in [1.807, 2.05) is 0 Å². The van der Waals surface area contributed by atoms with E-state index in [9.17, 15) is 0 Å². The molecule has 2 N–H and O–H groups in total. The van der Waals surface area contributed by atoms with E-state index in [-0.39, 0.29) is 0 Å². The highest BCUT2D eigenvalue weighted by atomic mass is 32.1. The highest BCUT2D eigenvalue weighted by molar-refractivity contribution is 7.07. The molecule has 1 aliphatic heterocycles. The Bertz CT molecular complexity index is 487. The first kappa shape index (κ1) is 16.8. The number of likely N-dealkylation sites (tertiary alicyclic amines) is 1. The van der Waals surface area contributed by atoms with E-state index in [0.717, 1.165) is 25.1 Å². The lowest BCUT2D eigenvalue weighted by molar-refractivity contribution is 0.197. The molecule has 5 heteroatoms. The zero-order chi connectivity index (χ0) is 16.1. The van der Waals surface area contributed by atoms with Crippen molar-refractivity contribution < 1.29 is 0 Å². The summed E-state index contributed by atoms with van der Waals surface area (Å²) in [6.07, 6.45) is 5.31. The summed E-state index contributed by atoms with van der Waals surface area (Å²) in [7, 11) is 0. The minimum absolute atomic E-state index is 0.480. The van der Waals surface area contributed by atoms with Gasteiger partial charge in [0, 0.05) is 44.2 Å². The van der Waals surface area contributed by atoms with Gasteiger partial charge in [-0.3, -0.25) is 4.99 Å². The van der Waals surface area contributed by atoms with Crippen molar-refractivity contribution >= 4 is 17.3 Å². The van der Waals surface area contributed by atoms with Crippen molar-refractivity contribution in [2.75, 3.05) is 26.2 Å². The zero-order valence-electron chi connectivity index (χ0n) is 14.4. The summed E-state index contributed by atoms with van der Waals surface area (Å²) in [6, 6.07) is 3.68. The van der Waals surface area contributed by atoms with Gasteiger partial charge in [-0.05, 0) is 55.0 Å². The summed E-state index contributed by atoms with van der Waals surface area (Å²) in [5.74, 6) is 1.47. The smallest absolute Gasteiger partial charge is 0.191 e. The number of nitrogens with one attached hydrogen (secondary N) is 2. The number of rotatable bonds is 6. The third-order valence-electron chi connectivity index (χ3n) is 4.91. The van der Waals surface area contributed by atoms with E-state index in [4.69, 9.17) is 4.99 Å². The molecule has 2 aliphatic rings. The summed E-state index contributed by atoms with van der Waals surface area (Å²) in [5.41, 5.74) is 1.40. The summed E-state index contributed by atoms with van der Waals surface area (Å²) in [4.78, 5) is 7.48. The van der Waals surface area contributed by atoms with E-state index in [1.165, 1.54) is 44.3 Å². The molecule has 0 spiro atoms. The largest absolute Gasteiger partial charge is 0.357 e. The molecule has 0 bridgehead atoms. The van der Waals surface area contributed by atoms with Crippen molar-refractivity contribution in [1.29, 1.82) is 0 Å². The summed E-state index contributed by atoms with van der Waals surface area (Å²) in [6.45, 7) is 8.63. The van der Waals surface area contributed by atoms with Crippen molar-refractivity contribution in [2.24, 2.45) is 4.99 Å². The molecule has 1 saturated carbocycles. The number of nitrogens with zero attached hydrogens (tertiary/aromatic N) is 2. The number of thiophene rings is 1. The van der Waals surface area contributed by atoms with Crippen LogP contribution in [0.5, 0.6) is 0 Å². The van der Waals surface area contributed by atoms with Gasteiger partial charge in [0.05, 0.1) is 0 Å². The first-order chi connectivity index (χ1) is 11.3. The maximum atomic E-state index is 4.82. The van der Waals surface area contributed by atoms with Crippen LogP contribution < -0.4 is 10.6 Å². The Kier molecular flexibility index (Phi) is 5.95. The van der Waals surface area contributed by atoms with E-state index in [1.54, 1.807) is 11.3 Å². The summed E-state index contributed by atoms with van der Waals surface area (Å²) in [5, 5.41) is 11.4. The Morgan fingerprint density at radius 3 is 2.74 bits per heavy atom. The second-order valence-electron chi connectivity index (χ2n) is 6.86. The maximum Gasteiger partial charge on any atom is 0.191 e. The van der Waals surface area contributed by atoms with Crippen molar-refractivity contribution in [3.05, 3.63) is 22.4 Å². The normalized spacial score (nSPS) is 22.1. The van der Waals surface area contributed by atoms with Crippen LogP contribution in [0.4, 0.5) is 0 Å². The van der Waals surface area contributed by atoms with Gasteiger partial charge in [0.15, 0.2) is 5.96 Å². The molecule has 3 rings (SSSR count). The Balaban J connectivity index is 1.48. The molecular formula is C18H30N4S. The molecule has 1 aliphatic carbocycles. The molecule has 0 amide bonds. The highest BCUT2D eigenvalue weighted by Crippen LogP contribution is 2.29. The van der Waals surface area contributed by atoms with Crippen LogP contribution in [0.3, 0.4) is 0 Å². The lowest BCUT2D eigenvalue weighted by Crippen LogP contribution is -2.49. The van der Waals surface area contributed by atoms with Gasteiger partial charge in [-0.15, -0.1) is 0 Å². The molecule has 1 saturated heterocycles. The average molecular weight is 335 g/mol. The van der Waals surface area contributed by atoms with Gasteiger partial charge in [0.25, 0.3) is 0 Å². The van der Waals surface area contributed by atoms with E-state index >= 15 is 0 Å². The predicted octanol–water partition coefficient (Wildman–Crippen LogP) is 3.03. The highest BCUT2D eigenvalue weighted by Gasteiger charge is 2.31. The molecular weight excluding hydrogens is 304 g/mol. The fraction of sp³-hybridized carbons (Fsp3) is 0.722. The van der Waals surface area contributed by atoms with Gasteiger partial charge in [-0.1, -0.05) is 6.92 Å². The molecule has 23 heavy (non-hydrogen) atoms. The third kappa shape index (κ3) is 4.95. The Morgan fingerprint density at radius 2 is 2.13 bits per heavy atom. The lowest BCUT2D eigenvalue weighted by atomic mass is 10.0. The first-order valence-electron chi connectivity index (χ1n) is 9.07. The van der Waals surface area contributed by atoms with Crippen molar-refractivity contribution in [2.45, 2.75) is 57.5 Å². The first-order valence-corrected chi connectivity index (χ1v) is 10.0. The maximum absolute atomic E-state index is 4.82. The summed E-state index contributed by atoms with van der Waals surface area (Å²) < 4.78 is 0. The molecule has 2 heterocycles. The molecule has 2 fully saturated rings. The van der Waals surface area contributed by atoms with E-state index in [0.29, 0.717) is 12.0 Å². The molecule has 128 valence electrons. The van der Waals surface area contributed by atoms with Crippen LogP contribution in [-0.4, -0.2) is 49.1 Å². The second-order valence-corrected chi connectivity index (χ2v) is 7.64. The van der Waals surface area contributed by atoms with Crippen molar-refractivity contribution in [3.8, 4) is 0 Å². The minimum Gasteiger partial charge on any atom is -0.357 e. The fourth-order valence-corrected chi connectivity index (χ4v) is 4.03. The SMILES string of the molecule is CCNC(=NCC(C)c1ccsc1)NC1CCN(C2CC2)CC1. The number of guanidine groups is 1. The van der Waals surface area contributed by atoms with Crippen molar-refractivity contribution in [1.82, 2.24) is 15.5 Å². The Morgan fingerprint density at radius 1 is 1.35 bits per heavy atom. The standard InChI is InChI=1S/C18H30N4S/c1-3-19-18(20-12-14(2)15-8-11-23-13-15)21-16-6-9-22(10-7-16)17-4-5-17/h8,11,13-14,16-17H,3-7,9-10,12H2,1-2H3,(H2,19,20,21). The van der Waals surface area contributed by atoms with Gasteiger partial charge in [0.2, 0.25) is 0 Å². The van der Waals surface area contributed by atoms with E-state index in [2.05, 4.69) is 46.2 Å². The molecule has 4 nitrogen and oxygen atoms in total. The van der Waals surface area contributed by atoms with Crippen molar-refractivity contribution in [3.63, 3.8) is 0 Å². The molecule has 0 aromatic carbocycles. The van der Waals surface area contributed by atoms with E-state index < -0.39 is 0 Å². The van der Waals surface area contributed by atoms with Gasteiger partial charge in [-0.25, -0.2) is 0 Å². The van der Waals surface area contributed by atoms with Crippen LogP contribution in [0.2, 0.25) is 0 Å². The van der Waals surface area contributed by atoms with Gasteiger partial charge < -0.3 is 15.5 Å². The minimum atomic E-state index is 0.480. The average Bonchev–Trinajstić information content (AvgIpc) is 3.27. The van der Waals surface area contributed by atoms with Crippen LogP contribution >= 0.6 is 11.3 Å². The van der Waals surface area contributed by atoms with Crippen LogP contribution in [0.25, 0.3) is 0 Å². The Hall–Kier alpha value is -1.07. The fourth-order valence-electron chi connectivity index (χ4n) is 3.25. The molecule has 0 radical (unpaired) electrons. The molecule has 1 unspecified atom stereocenters. The zero-order valence-corrected chi connectivity index (χ0v) is 15.2. The second kappa shape index (κ2) is 8.15. The molecule has 1 aromatic heterocycles. The lowest BCUT2D eigenvalue weighted by Gasteiger charge is -2.33. The molecule has 1 aromatic rings. The number of aliphatic imine (C=N–C) groups is 1. The third-order valence-corrected chi connectivity index (χ3v) is 5.61. The van der Waals surface area contributed by atoms with Crippen LogP contribution in [-0.2, 0) is 0 Å².